The average Bonchev–Trinajstić information content (AvgIpc) is 3.46. The number of aromatic nitrogens is 4. The predicted molar refractivity (Wildman–Crippen MR) is 121 cm³/mol. The summed E-state index contributed by atoms with van der Waals surface area (Å²) >= 11 is 0. The number of pyridine rings is 1. The molecule has 10 heteroatoms. The zero-order chi connectivity index (χ0) is 23.7. The van der Waals surface area contributed by atoms with Crippen molar-refractivity contribution in [3.63, 3.8) is 0 Å². The molecule has 0 spiro atoms. The van der Waals surface area contributed by atoms with Crippen LogP contribution in [0.3, 0.4) is 0 Å². The van der Waals surface area contributed by atoms with E-state index in [1.807, 2.05) is 0 Å². The van der Waals surface area contributed by atoms with Crippen molar-refractivity contribution in [2.75, 3.05) is 31.5 Å². The van der Waals surface area contributed by atoms with Gasteiger partial charge in [0.25, 0.3) is 0 Å². The summed E-state index contributed by atoms with van der Waals surface area (Å²) in [6.45, 7) is 3.74. The van der Waals surface area contributed by atoms with E-state index < -0.39 is 17.6 Å². The van der Waals surface area contributed by atoms with Crippen molar-refractivity contribution in [1.29, 1.82) is 0 Å². The van der Waals surface area contributed by atoms with E-state index in [1.54, 1.807) is 24.4 Å². The molecule has 176 valence electrons. The normalized spacial score (nSPS) is 14.7. The minimum absolute atomic E-state index is 0.404. The third kappa shape index (κ3) is 4.58. The summed E-state index contributed by atoms with van der Waals surface area (Å²) in [6.07, 6.45) is 0.467. The highest BCUT2D eigenvalue weighted by Crippen LogP contribution is 2.36. The van der Waals surface area contributed by atoms with Crippen LogP contribution in [0, 0.1) is 5.82 Å². The summed E-state index contributed by atoms with van der Waals surface area (Å²) in [7, 11) is 0. The summed E-state index contributed by atoms with van der Waals surface area (Å²) in [5.41, 5.74) is 1.66. The second-order valence-electron chi connectivity index (χ2n) is 8.22. The molecule has 1 saturated heterocycles. The minimum Gasteiger partial charge on any atom is -0.353 e. The van der Waals surface area contributed by atoms with Gasteiger partial charge < -0.3 is 10.2 Å². The molecule has 34 heavy (non-hydrogen) atoms. The molecule has 1 N–H and O–H groups in total. The summed E-state index contributed by atoms with van der Waals surface area (Å²) in [4.78, 5) is 11.3. The van der Waals surface area contributed by atoms with Gasteiger partial charge in [-0.05, 0) is 68.4 Å². The molecule has 1 aliphatic rings. The Morgan fingerprint density at radius 3 is 2.47 bits per heavy atom. The lowest BCUT2D eigenvalue weighted by Crippen LogP contribution is -2.26. The zero-order valence-electron chi connectivity index (χ0n) is 18.2. The largest absolute Gasteiger partial charge is 0.417 e. The van der Waals surface area contributed by atoms with E-state index >= 15 is 0 Å². The Morgan fingerprint density at radius 2 is 1.74 bits per heavy atom. The number of hydrogen-bond donors (Lipinski definition) is 1. The predicted octanol–water partition coefficient (Wildman–Crippen LogP) is 5.12. The van der Waals surface area contributed by atoms with Crippen LogP contribution in [0.4, 0.5) is 23.5 Å². The summed E-state index contributed by atoms with van der Waals surface area (Å²) in [5, 5.41) is 7.64. The smallest absolute Gasteiger partial charge is 0.353 e. The number of nitrogens with zero attached hydrogens (tertiary/aromatic N) is 5. The Bertz CT molecular complexity index is 1290. The van der Waals surface area contributed by atoms with Gasteiger partial charge in [0.2, 0.25) is 5.95 Å². The van der Waals surface area contributed by atoms with Crippen molar-refractivity contribution in [2.45, 2.75) is 19.0 Å². The second-order valence-corrected chi connectivity index (χ2v) is 8.22. The van der Waals surface area contributed by atoms with Gasteiger partial charge in [-0.3, -0.25) is 0 Å². The van der Waals surface area contributed by atoms with Gasteiger partial charge in [-0.1, -0.05) is 0 Å². The summed E-state index contributed by atoms with van der Waals surface area (Å²) in [5.74, 6) is 0.00737. The van der Waals surface area contributed by atoms with E-state index in [9.17, 15) is 17.6 Å². The fourth-order valence-electron chi connectivity index (χ4n) is 4.19. The highest BCUT2D eigenvalue weighted by atomic mass is 19.4. The molecule has 4 heterocycles. The molecule has 0 atom stereocenters. The number of rotatable bonds is 6. The quantitative estimate of drug-likeness (QED) is 0.396. The number of benzene rings is 1. The van der Waals surface area contributed by atoms with Crippen LogP contribution in [0.15, 0.2) is 54.9 Å². The molecule has 0 bridgehead atoms. The van der Waals surface area contributed by atoms with Crippen LogP contribution < -0.4 is 5.32 Å². The Labute approximate surface area is 193 Å². The molecule has 1 fully saturated rings. The number of fused-ring (bicyclic) bond motifs is 1. The standard InChI is InChI=1S/C24H22F4N6/c25-18-6-3-16(4-7-18)22-21(20-8-5-17(24(26,27)28)15-34(20)32-22)19-9-10-29-23(31-19)30-11-14-33-12-1-2-13-33/h3-10,15H,1-2,11-14H2,(H,29,30,31). The van der Waals surface area contributed by atoms with Crippen molar-refractivity contribution < 1.29 is 17.6 Å². The van der Waals surface area contributed by atoms with E-state index in [4.69, 9.17) is 0 Å². The minimum atomic E-state index is -4.50. The highest BCUT2D eigenvalue weighted by Gasteiger charge is 2.31. The molecule has 6 nitrogen and oxygen atoms in total. The van der Waals surface area contributed by atoms with Gasteiger partial charge >= 0.3 is 6.18 Å². The molecule has 0 aliphatic carbocycles. The lowest BCUT2D eigenvalue weighted by atomic mass is 10.0. The molecule has 3 aromatic heterocycles. The molecule has 1 aromatic carbocycles. The summed E-state index contributed by atoms with van der Waals surface area (Å²) in [6, 6.07) is 9.74. The van der Waals surface area contributed by atoms with Crippen LogP contribution in [0.25, 0.3) is 28.0 Å². The van der Waals surface area contributed by atoms with Crippen molar-refractivity contribution in [2.24, 2.45) is 0 Å². The molecule has 0 amide bonds. The maximum atomic E-state index is 13.5. The maximum Gasteiger partial charge on any atom is 0.417 e. The lowest BCUT2D eigenvalue weighted by Gasteiger charge is -2.14. The zero-order valence-corrected chi connectivity index (χ0v) is 18.2. The van der Waals surface area contributed by atoms with Crippen molar-refractivity contribution in [1.82, 2.24) is 24.5 Å². The van der Waals surface area contributed by atoms with E-state index in [1.165, 1.54) is 35.6 Å². The number of halogens is 4. The van der Waals surface area contributed by atoms with Crippen LogP contribution in [0.1, 0.15) is 18.4 Å². The van der Waals surface area contributed by atoms with Gasteiger partial charge in [-0.2, -0.15) is 18.3 Å². The third-order valence-electron chi connectivity index (χ3n) is 5.90. The van der Waals surface area contributed by atoms with Gasteiger partial charge in [-0.25, -0.2) is 18.9 Å². The Morgan fingerprint density at radius 1 is 0.971 bits per heavy atom. The SMILES string of the molecule is Fc1ccc(-c2nn3cc(C(F)(F)F)ccc3c2-c2ccnc(NCCN3CCCC3)n2)cc1. The molecular weight excluding hydrogens is 448 g/mol. The van der Waals surface area contributed by atoms with Crippen LogP contribution >= 0.6 is 0 Å². The van der Waals surface area contributed by atoms with E-state index in [2.05, 4.69) is 25.3 Å². The first-order chi connectivity index (χ1) is 16.4. The van der Waals surface area contributed by atoms with Crippen LogP contribution in [-0.4, -0.2) is 50.7 Å². The van der Waals surface area contributed by atoms with Gasteiger partial charge in [0.1, 0.15) is 11.5 Å². The Hall–Kier alpha value is -3.53. The number of alkyl halides is 3. The Kier molecular flexibility index (Phi) is 5.91. The highest BCUT2D eigenvalue weighted by molar-refractivity contribution is 5.91. The monoisotopic (exact) mass is 470 g/mol. The van der Waals surface area contributed by atoms with E-state index in [-0.39, 0.29) is 0 Å². The van der Waals surface area contributed by atoms with Crippen LogP contribution in [0.2, 0.25) is 0 Å². The first-order valence-corrected chi connectivity index (χ1v) is 11.0. The molecule has 0 radical (unpaired) electrons. The van der Waals surface area contributed by atoms with Crippen molar-refractivity contribution >= 4 is 11.5 Å². The maximum absolute atomic E-state index is 13.5. The third-order valence-corrected chi connectivity index (χ3v) is 5.90. The topological polar surface area (TPSA) is 58.4 Å². The molecule has 5 rings (SSSR count). The average molecular weight is 470 g/mol. The molecule has 0 saturated carbocycles. The molecule has 1 aliphatic heterocycles. The van der Waals surface area contributed by atoms with Crippen LogP contribution in [-0.2, 0) is 6.18 Å². The molecule has 4 aromatic rings. The van der Waals surface area contributed by atoms with Gasteiger partial charge in [0, 0.05) is 31.0 Å². The van der Waals surface area contributed by atoms with Gasteiger partial charge in [0.15, 0.2) is 0 Å². The van der Waals surface area contributed by atoms with E-state index in [0.717, 1.165) is 31.9 Å². The number of anilines is 1. The molecule has 0 unspecified atom stereocenters. The first kappa shape index (κ1) is 22.3. The fourth-order valence-corrected chi connectivity index (χ4v) is 4.19. The fraction of sp³-hybridized carbons (Fsp3) is 0.292. The molecular formula is C24H22F4N6. The van der Waals surface area contributed by atoms with E-state index in [0.29, 0.717) is 40.5 Å². The van der Waals surface area contributed by atoms with Crippen molar-refractivity contribution in [3.8, 4) is 22.5 Å². The number of likely N-dealkylation sites (tertiary alicyclic amines) is 1. The second kappa shape index (κ2) is 9.02. The lowest BCUT2D eigenvalue weighted by molar-refractivity contribution is -0.137. The Balaban J connectivity index is 1.54. The van der Waals surface area contributed by atoms with Gasteiger partial charge in [-0.15, -0.1) is 0 Å². The number of nitrogens with one attached hydrogen (secondary N) is 1. The number of hydrogen-bond acceptors (Lipinski definition) is 5. The first-order valence-electron chi connectivity index (χ1n) is 11.0. The van der Waals surface area contributed by atoms with Gasteiger partial charge in [0.05, 0.1) is 22.3 Å². The van der Waals surface area contributed by atoms with Crippen molar-refractivity contribution in [3.05, 3.63) is 66.2 Å². The summed E-state index contributed by atoms with van der Waals surface area (Å²) < 4.78 is 54.6. The van der Waals surface area contributed by atoms with Crippen LogP contribution in [0.5, 0.6) is 0 Å².